The molecule has 4 aliphatic carbocycles. The van der Waals surface area contributed by atoms with Crippen molar-refractivity contribution in [3.05, 3.63) is 11.6 Å². The number of esters is 2. The fraction of sp³-hybridized carbons (Fsp3) is 0.860. The van der Waals surface area contributed by atoms with E-state index in [1.165, 1.54) is 12.5 Å². The predicted octanol–water partition coefficient (Wildman–Crippen LogP) is 6.07. The second-order valence-electron chi connectivity index (χ2n) is 19.5. The van der Waals surface area contributed by atoms with Gasteiger partial charge < -0.3 is 35.1 Å². The van der Waals surface area contributed by atoms with E-state index in [-0.39, 0.29) is 40.4 Å². The molecule has 4 N–H and O–H groups in total. The van der Waals surface area contributed by atoms with Crippen LogP contribution >= 0.6 is 0 Å². The summed E-state index contributed by atoms with van der Waals surface area (Å²) < 4.78 is 24.3. The van der Waals surface area contributed by atoms with E-state index in [4.69, 9.17) is 24.7 Å². The van der Waals surface area contributed by atoms with E-state index in [1.54, 1.807) is 0 Å². The molecular weight excluding hydrogens is 688 g/mol. The molecule has 0 spiro atoms. The fourth-order valence-electron chi connectivity index (χ4n) is 13.0. The van der Waals surface area contributed by atoms with Crippen LogP contribution in [0.2, 0.25) is 0 Å². The first-order valence-electron chi connectivity index (χ1n) is 20.9. The summed E-state index contributed by atoms with van der Waals surface area (Å²) in [7, 11) is 0. The Kier molecular flexibility index (Phi) is 11.5. The molecule has 0 aromatic carbocycles. The van der Waals surface area contributed by atoms with E-state index >= 15 is 0 Å². The first-order valence-corrected chi connectivity index (χ1v) is 20.9. The Morgan fingerprint density at radius 3 is 2.37 bits per heavy atom. The van der Waals surface area contributed by atoms with Crippen LogP contribution in [0.25, 0.3) is 0 Å². The van der Waals surface area contributed by atoms with Crippen LogP contribution in [0.3, 0.4) is 0 Å². The van der Waals surface area contributed by atoms with Gasteiger partial charge in [-0.25, -0.2) is 0 Å². The highest BCUT2D eigenvalue weighted by Gasteiger charge is 2.72. The number of unbranched alkanes of at least 4 members (excludes halogenated alkanes) is 1. The zero-order valence-corrected chi connectivity index (χ0v) is 34.2. The van der Waals surface area contributed by atoms with Crippen molar-refractivity contribution in [2.75, 3.05) is 33.0 Å². The molecule has 2 unspecified atom stereocenters. The predicted molar refractivity (Wildman–Crippen MR) is 203 cm³/mol. The van der Waals surface area contributed by atoms with Crippen molar-refractivity contribution in [3.63, 3.8) is 0 Å². The second kappa shape index (κ2) is 15.1. The van der Waals surface area contributed by atoms with Gasteiger partial charge in [0.15, 0.2) is 0 Å². The molecule has 5 fully saturated rings. The van der Waals surface area contributed by atoms with E-state index in [9.17, 15) is 24.3 Å². The van der Waals surface area contributed by atoms with Crippen LogP contribution in [0.15, 0.2) is 11.6 Å². The molecule has 1 amide bonds. The number of carboxylic acids is 1. The van der Waals surface area contributed by atoms with Gasteiger partial charge in [-0.05, 0) is 104 Å². The third-order valence-electron chi connectivity index (χ3n) is 16.5. The molecule has 2 heterocycles. The first-order chi connectivity index (χ1) is 25.4. The van der Waals surface area contributed by atoms with Gasteiger partial charge in [0.25, 0.3) is 0 Å². The van der Waals surface area contributed by atoms with Crippen molar-refractivity contribution >= 4 is 23.8 Å². The molecule has 0 aromatic rings. The Hall–Kier alpha value is -2.50. The standard InChI is InChI=1S/C43H68N2O9/c1-25(2)26(3)39(5)17-18-41(7)29-12-13-33-40(6)23-52-24-43(33,30(29)14-16-42(41,8)34(39)37(48)49)21-32(53-27(4)46)35(40)54-38(50)31(44)11-9-10-19-45-36(47)28-15-20-51-22-28/h14,25-26,28-29,31-35H,9-13,15-24,44H2,1-8H3,(H,45,47)(H,48,49)/t26-,28?,29+,31?,32-,33+,34-,35+,39-,40+,41-,42+,43+/m1/s1. The average Bonchev–Trinajstić information content (AvgIpc) is 3.65. The van der Waals surface area contributed by atoms with Crippen molar-refractivity contribution in [2.45, 2.75) is 138 Å². The summed E-state index contributed by atoms with van der Waals surface area (Å²) in [6.45, 7) is 19.5. The quantitative estimate of drug-likeness (QED) is 0.121. The summed E-state index contributed by atoms with van der Waals surface area (Å²) >= 11 is 0. The van der Waals surface area contributed by atoms with Gasteiger partial charge in [-0.1, -0.05) is 60.1 Å². The number of rotatable bonds is 12. The van der Waals surface area contributed by atoms with Crippen molar-refractivity contribution in [2.24, 2.45) is 68.3 Å². The number of aliphatic carboxylic acids is 1. The largest absolute Gasteiger partial charge is 0.481 e. The number of ether oxygens (including phenoxy) is 4. The number of carboxylic acid groups (broad SMARTS) is 1. The molecular formula is C43H68N2O9. The van der Waals surface area contributed by atoms with Gasteiger partial charge in [0.05, 0.1) is 31.7 Å². The lowest BCUT2D eigenvalue weighted by molar-refractivity contribution is -0.263. The lowest BCUT2D eigenvalue weighted by Crippen LogP contribution is -2.70. The summed E-state index contributed by atoms with van der Waals surface area (Å²) in [5.74, 6) is -1.28. The number of nitrogens with one attached hydrogen (secondary N) is 1. The molecule has 2 aliphatic heterocycles. The van der Waals surface area contributed by atoms with Gasteiger partial charge >= 0.3 is 17.9 Å². The van der Waals surface area contributed by atoms with E-state index in [1.807, 2.05) is 0 Å². The smallest absolute Gasteiger partial charge is 0.323 e. The summed E-state index contributed by atoms with van der Waals surface area (Å²) in [6, 6.07) is -0.853. The topological polar surface area (TPSA) is 163 Å². The molecule has 11 nitrogen and oxygen atoms in total. The minimum atomic E-state index is -0.853. The van der Waals surface area contributed by atoms with Gasteiger partial charge in [-0.15, -0.1) is 0 Å². The van der Waals surface area contributed by atoms with Gasteiger partial charge in [0.2, 0.25) is 5.91 Å². The van der Waals surface area contributed by atoms with Crippen LogP contribution in [-0.4, -0.2) is 80.1 Å². The minimum absolute atomic E-state index is 0.00708. The van der Waals surface area contributed by atoms with Crippen LogP contribution < -0.4 is 11.1 Å². The third-order valence-corrected chi connectivity index (χ3v) is 16.5. The Balaban J connectivity index is 1.22. The molecule has 304 valence electrons. The number of allylic oxidation sites excluding steroid dienone is 1. The van der Waals surface area contributed by atoms with Crippen molar-refractivity contribution in [1.29, 1.82) is 0 Å². The van der Waals surface area contributed by atoms with E-state index in [0.717, 1.165) is 32.1 Å². The van der Waals surface area contributed by atoms with E-state index in [0.29, 0.717) is 71.0 Å². The molecule has 11 heteroatoms. The number of amides is 1. The molecule has 6 aliphatic rings. The average molecular weight is 757 g/mol. The lowest BCUT2D eigenvalue weighted by Gasteiger charge is -2.71. The van der Waals surface area contributed by atoms with E-state index in [2.05, 4.69) is 59.9 Å². The summed E-state index contributed by atoms with van der Waals surface area (Å²) in [4.78, 5) is 52.1. The highest BCUT2D eigenvalue weighted by Crippen LogP contribution is 2.75. The van der Waals surface area contributed by atoms with Crippen molar-refractivity contribution in [3.8, 4) is 0 Å². The first kappa shape index (κ1) is 41.1. The molecule has 6 rings (SSSR count). The summed E-state index contributed by atoms with van der Waals surface area (Å²) in [5, 5.41) is 14.0. The Morgan fingerprint density at radius 1 is 0.981 bits per heavy atom. The Bertz CT molecular complexity index is 1490. The number of nitrogens with two attached hydrogens (primary N) is 1. The van der Waals surface area contributed by atoms with Crippen molar-refractivity contribution in [1.82, 2.24) is 5.32 Å². The highest BCUT2D eigenvalue weighted by molar-refractivity contribution is 5.79. The Labute approximate surface area is 322 Å². The molecule has 0 aromatic heterocycles. The summed E-state index contributed by atoms with van der Waals surface area (Å²) in [5.41, 5.74) is 5.68. The normalized spacial score (nSPS) is 42.4. The molecule has 0 radical (unpaired) electrons. The van der Waals surface area contributed by atoms with Gasteiger partial charge in [0, 0.05) is 30.9 Å². The molecule has 2 bridgehead atoms. The van der Waals surface area contributed by atoms with Crippen LogP contribution in [0.1, 0.15) is 120 Å². The van der Waals surface area contributed by atoms with Gasteiger partial charge in [-0.2, -0.15) is 0 Å². The zero-order chi connectivity index (χ0) is 39.4. The summed E-state index contributed by atoms with van der Waals surface area (Å²) in [6.07, 6.45) is 8.22. The van der Waals surface area contributed by atoms with Crippen LogP contribution in [0, 0.1) is 62.6 Å². The zero-order valence-electron chi connectivity index (χ0n) is 34.2. The number of carbonyl (C=O) groups excluding carboxylic acids is 3. The second-order valence-corrected chi connectivity index (χ2v) is 19.5. The third kappa shape index (κ3) is 6.63. The fourth-order valence-corrected chi connectivity index (χ4v) is 13.0. The van der Waals surface area contributed by atoms with Crippen LogP contribution in [0.4, 0.5) is 0 Å². The number of hydrogen-bond donors (Lipinski definition) is 3. The SMILES string of the molecule is CC(=O)O[C@@H]1C[C@@]23COC[C@@](C)([C@@H]2CC[C@H]2C3=CC[C@@]3(C)[C@H](C(=O)O)[C@@](C)([C@H](C)C(C)C)CC[C@]23C)[C@H]1OC(=O)C(N)CCCCNC(=O)C1CCOC1. The molecule has 3 saturated carbocycles. The highest BCUT2D eigenvalue weighted by atomic mass is 16.6. The lowest BCUT2D eigenvalue weighted by atomic mass is 9.34. The van der Waals surface area contributed by atoms with E-state index < -0.39 is 58.3 Å². The molecule has 2 saturated heterocycles. The maximum absolute atomic E-state index is 13.7. The Morgan fingerprint density at radius 2 is 1.72 bits per heavy atom. The van der Waals surface area contributed by atoms with Crippen LogP contribution in [0.5, 0.6) is 0 Å². The number of fused-ring (bicyclic) bond motifs is 3. The van der Waals surface area contributed by atoms with Crippen LogP contribution in [-0.2, 0) is 38.1 Å². The monoisotopic (exact) mass is 756 g/mol. The number of carbonyl (C=O) groups is 4. The molecule has 54 heavy (non-hydrogen) atoms. The van der Waals surface area contributed by atoms with Gasteiger partial charge in [0.1, 0.15) is 18.2 Å². The maximum atomic E-state index is 13.7. The van der Waals surface area contributed by atoms with Crippen molar-refractivity contribution < 1.29 is 43.2 Å². The van der Waals surface area contributed by atoms with Gasteiger partial charge in [-0.3, -0.25) is 19.2 Å². The maximum Gasteiger partial charge on any atom is 0.323 e. The molecule has 13 atom stereocenters. The number of hydrogen-bond acceptors (Lipinski definition) is 9. The minimum Gasteiger partial charge on any atom is -0.481 e.